The Kier molecular flexibility index (Phi) is 6.76. The molecule has 0 unspecified atom stereocenters. The summed E-state index contributed by atoms with van der Waals surface area (Å²) in [7, 11) is 1.65. The quantitative estimate of drug-likeness (QED) is 0.455. The average Bonchev–Trinajstić information content (AvgIpc) is 3.30. The lowest BCUT2D eigenvalue weighted by Gasteiger charge is -2.12. The second-order valence-electron chi connectivity index (χ2n) is 6.62. The number of nitrogens with zero attached hydrogens (tertiary/aromatic N) is 4. The molecule has 1 aromatic carbocycles. The molecule has 0 bridgehead atoms. The van der Waals surface area contributed by atoms with Crippen LogP contribution in [0.2, 0.25) is 0 Å². The van der Waals surface area contributed by atoms with Crippen LogP contribution in [0.15, 0.2) is 40.7 Å². The normalized spacial score (nSPS) is 12.3. The van der Waals surface area contributed by atoms with Gasteiger partial charge in [-0.1, -0.05) is 18.2 Å². The largest absolute Gasteiger partial charge is 0.434 e. The minimum Gasteiger partial charge on any atom is -0.356 e. The number of nitrogens with one attached hydrogen (secondary N) is 2. The molecule has 0 aliphatic carbocycles. The highest BCUT2D eigenvalue weighted by Crippen LogP contribution is 2.30. The van der Waals surface area contributed by atoms with E-state index in [4.69, 9.17) is 0 Å². The Morgan fingerprint density at radius 1 is 1.17 bits per heavy atom. The van der Waals surface area contributed by atoms with Gasteiger partial charge in [0.1, 0.15) is 0 Å². The number of aromatic nitrogens is 3. The summed E-state index contributed by atoms with van der Waals surface area (Å²) in [6.45, 7) is 4.92. The third-order valence-corrected chi connectivity index (χ3v) is 5.48. The van der Waals surface area contributed by atoms with Crippen LogP contribution >= 0.6 is 11.3 Å². The Balaban J connectivity index is 1.56. The third kappa shape index (κ3) is 5.18. The van der Waals surface area contributed by atoms with Gasteiger partial charge in [-0.05, 0) is 26.0 Å². The van der Waals surface area contributed by atoms with Crippen molar-refractivity contribution < 1.29 is 13.2 Å². The van der Waals surface area contributed by atoms with Crippen molar-refractivity contribution in [2.24, 2.45) is 4.99 Å². The van der Waals surface area contributed by atoms with Crippen molar-refractivity contribution in [3.05, 3.63) is 63.4 Å². The van der Waals surface area contributed by atoms with Crippen LogP contribution in [0.25, 0.3) is 5.69 Å². The standard InChI is InChI=1S/C20H23F3N6S/c1-13-16(14(2)29(28-13)15-7-5-4-6-8-15)11-26-19(24-3)25-10-9-18-27-17(12-30-18)20(21,22)23/h4-8,12H,9-11H2,1-3H3,(H2,24,25,26). The summed E-state index contributed by atoms with van der Waals surface area (Å²) in [4.78, 5) is 7.81. The molecular formula is C20H23F3N6S. The smallest absolute Gasteiger partial charge is 0.356 e. The van der Waals surface area contributed by atoms with Gasteiger partial charge in [0.25, 0.3) is 0 Å². The molecule has 0 saturated heterocycles. The SMILES string of the molecule is CN=C(NCCc1nc(C(F)(F)F)cs1)NCc1c(C)nn(-c2ccccc2)c1C. The molecule has 0 saturated carbocycles. The molecule has 30 heavy (non-hydrogen) atoms. The zero-order valence-corrected chi connectivity index (χ0v) is 17.7. The van der Waals surface area contributed by atoms with Gasteiger partial charge in [0, 0.05) is 43.2 Å². The number of hydrogen-bond acceptors (Lipinski definition) is 4. The van der Waals surface area contributed by atoms with Crippen LogP contribution in [-0.2, 0) is 19.1 Å². The van der Waals surface area contributed by atoms with E-state index in [1.807, 2.05) is 48.9 Å². The first kappa shape index (κ1) is 21.8. The number of aliphatic imine (C=N–C) groups is 1. The predicted molar refractivity (Wildman–Crippen MR) is 112 cm³/mol. The van der Waals surface area contributed by atoms with Gasteiger partial charge in [0.15, 0.2) is 11.7 Å². The number of guanidine groups is 1. The molecule has 0 spiro atoms. The number of hydrogen-bond donors (Lipinski definition) is 2. The van der Waals surface area contributed by atoms with Gasteiger partial charge in [-0.15, -0.1) is 11.3 Å². The third-order valence-electron chi connectivity index (χ3n) is 4.57. The highest BCUT2D eigenvalue weighted by atomic mass is 32.1. The predicted octanol–water partition coefficient (Wildman–Crippen LogP) is 3.87. The molecule has 160 valence electrons. The van der Waals surface area contributed by atoms with Crippen molar-refractivity contribution in [3.8, 4) is 5.69 Å². The van der Waals surface area contributed by atoms with Crippen molar-refractivity contribution in [3.63, 3.8) is 0 Å². The molecule has 0 aliphatic rings. The van der Waals surface area contributed by atoms with E-state index in [0.29, 0.717) is 30.5 Å². The number of rotatable bonds is 6. The van der Waals surface area contributed by atoms with E-state index < -0.39 is 11.9 Å². The van der Waals surface area contributed by atoms with Crippen LogP contribution in [0.4, 0.5) is 13.2 Å². The van der Waals surface area contributed by atoms with Gasteiger partial charge >= 0.3 is 6.18 Å². The fraction of sp³-hybridized carbons (Fsp3) is 0.350. The molecule has 0 fully saturated rings. The zero-order chi connectivity index (χ0) is 21.7. The number of para-hydroxylation sites is 1. The highest BCUT2D eigenvalue weighted by Gasteiger charge is 2.33. The van der Waals surface area contributed by atoms with Gasteiger partial charge in [-0.2, -0.15) is 18.3 Å². The van der Waals surface area contributed by atoms with Crippen LogP contribution in [0.5, 0.6) is 0 Å². The summed E-state index contributed by atoms with van der Waals surface area (Å²) in [5.41, 5.74) is 3.17. The molecule has 0 amide bonds. The number of alkyl halides is 3. The number of halogens is 3. The summed E-state index contributed by atoms with van der Waals surface area (Å²) in [5, 5.41) is 12.4. The molecule has 0 aliphatic heterocycles. The van der Waals surface area contributed by atoms with Gasteiger partial charge in [-0.3, -0.25) is 4.99 Å². The molecule has 0 atom stereocenters. The number of thiazole rings is 1. The lowest BCUT2D eigenvalue weighted by atomic mass is 10.2. The second kappa shape index (κ2) is 9.29. The molecule has 10 heteroatoms. The lowest BCUT2D eigenvalue weighted by Crippen LogP contribution is -2.38. The van der Waals surface area contributed by atoms with E-state index in [1.165, 1.54) is 0 Å². The molecule has 3 aromatic rings. The maximum absolute atomic E-state index is 12.6. The topological polar surface area (TPSA) is 67.1 Å². The highest BCUT2D eigenvalue weighted by molar-refractivity contribution is 7.09. The van der Waals surface area contributed by atoms with Gasteiger partial charge in [-0.25, -0.2) is 9.67 Å². The molecule has 2 N–H and O–H groups in total. The van der Waals surface area contributed by atoms with E-state index in [9.17, 15) is 13.2 Å². The van der Waals surface area contributed by atoms with Crippen LogP contribution in [-0.4, -0.2) is 34.3 Å². The fourth-order valence-corrected chi connectivity index (χ4v) is 3.79. The van der Waals surface area contributed by atoms with Crippen LogP contribution < -0.4 is 10.6 Å². The fourth-order valence-electron chi connectivity index (χ4n) is 2.99. The minimum absolute atomic E-state index is 0.380. The summed E-state index contributed by atoms with van der Waals surface area (Å²) in [5.74, 6) is 0.564. The Morgan fingerprint density at radius 2 is 1.90 bits per heavy atom. The van der Waals surface area contributed by atoms with E-state index in [-0.39, 0.29) is 0 Å². The maximum atomic E-state index is 12.6. The monoisotopic (exact) mass is 436 g/mol. The molecule has 6 nitrogen and oxygen atoms in total. The van der Waals surface area contributed by atoms with Crippen molar-refractivity contribution >= 4 is 17.3 Å². The van der Waals surface area contributed by atoms with Crippen molar-refractivity contribution in [2.75, 3.05) is 13.6 Å². The molecule has 3 rings (SSSR count). The number of aryl methyl sites for hydroxylation is 1. The molecule has 2 aromatic heterocycles. The van der Waals surface area contributed by atoms with Crippen molar-refractivity contribution in [1.29, 1.82) is 0 Å². The van der Waals surface area contributed by atoms with Gasteiger partial charge < -0.3 is 10.6 Å². The summed E-state index contributed by atoms with van der Waals surface area (Å²) in [6, 6.07) is 9.90. The van der Waals surface area contributed by atoms with E-state index in [2.05, 4.69) is 25.7 Å². The summed E-state index contributed by atoms with van der Waals surface area (Å²) < 4.78 is 39.8. The van der Waals surface area contributed by atoms with Crippen LogP contribution in [0.1, 0.15) is 27.7 Å². The van der Waals surface area contributed by atoms with E-state index in [1.54, 1.807) is 7.05 Å². The Morgan fingerprint density at radius 3 is 2.53 bits per heavy atom. The van der Waals surface area contributed by atoms with Crippen molar-refractivity contribution in [2.45, 2.75) is 33.0 Å². The first-order valence-corrected chi connectivity index (χ1v) is 10.2. The minimum atomic E-state index is -4.40. The zero-order valence-electron chi connectivity index (χ0n) is 16.9. The van der Waals surface area contributed by atoms with Crippen molar-refractivity contribution in [1.82, 2.24) is 25.4 Å². The van der Waals surface area contributed by atoms with Crippen LogP contribution in [0.3, 0.4) is 0 Å². The molecular weight excluding hydrogens is 413 g/mol. The Hall–Kier alpha value is -2.88. The first-order chi connectivity index (χ1) is 14.3. The molecule has 0 radical (unpaired) electrons. The van der Waals surface area contributed by atoms with Crippen LogP contribution in [0, 0.1) is 13.8 Å². The summed E-state index contributed by atoms with van der Waals surface area (Å²) in [6.07, 6.45) is -4.02. The number of benzene rings is 1. The van der Waals surface area contributed by atoms with Gasteiger partial charge in [0.2, 0.25) is 0 Å². The van der Waals surface area contributed by atoms with E-state index in [0.717, 1.165) is 39.4 Å². The van der Waals surface area contributed by atoms with E-state index >= 15 is 0 Å². The maximum Gasteiger partial charge on any atom is 0.434 e. The van der Waals surface area contributed by atoms with Gasteiger partial charge in [0.05, 0.1) is 16.4 Å². The Bertz CT molecular complexity index is 1010. The second-order valence-corrected chi connectivity index (χ2v) is 7.57. The molecule has 2 heterocycles. The summed E-state index contributed by atoms with van der Waals surface area (Å²) >= 11 is 1.01. The average molecular weight is 437 g/mol. The lowest BCUT2D eigenvalue weighted by molar-refractivity contribution is -0.140. The Labute approximate surface area is 176 Å². The first-order valence-electron chi connectivity index (χ1n) is 9.36.